The summed E-state index contributed by atoms with van der Waals surface area (Å²) in [5.74, 6) is 0.0710. The van der Waals surface area contributed by atoms with Crippen LogP contribution in [0.25, 0.3) is 5.69 Å². The number of fused-ring (bicyclic) bond motifs is 1. The maximum Gasteiger partial charge on any atom is 0.257 e. The fraction of sp³-hybridized carbons (Fsp3) is 0.348. The van der Waals surface area contributed by atoms with Crippen LogP contribution in [0.4, 0.5) is 5.69 Å². The van der Waals surface area contributed by atoms with Gasteiger partial charge in [0.1, 0.15) is 18.8 Å². The highest BCUT2D eigenvalue weighted by Crippen LogP contribution is 2.33. The van der Waals surface area contributed by atoms with E-state index >= 15 is 0 Å². The molecule has 1 atom stereocenters. The normalized spacial score (nSPS) is 19.2. The zero-order valence-electron chi connectivity index (χ0n) is 17.4. The van der Waals surface area contributed by atoms with E-state index in [4.69, 9.17) is 4.74 Å². The summed E-state index contributed by atoms with van der Waals surface area (Å²) in [7, 11) is 0. The maximum absolute atomic E-state index is 13.4. The van der Waals surface area contributed by atoms with Crippen molar-refractivity contribution in [1.29, 1.82) is 0 Å². The van der Waals surface area contributed by atoms with Crippen LogP contribution in [-0.4, -0.2) is 69.9 Å². The molecule has 0 radical (unpaired) electrons. The molecule has 8 nitrogen and oxygen atoms in total. The molecule has 3 heterocycles. The molecule has 3 aromatic rings. The standard InChI is InChI=1S/C23H26N6O2/c30-23-20-4-1-2-5-21(20)26-22(28(23)11-3-10-27-12-14-31-15-13-27)18-6-8-19(9-7-18)29-17-24-16-25-29/h1-2,4-9,16-17,22,26H,3,10-15H2. The van der Waals surface area contributed by atoms with Crippen LogP contribution in [0.3, 0.4) is 0 Å². The van der Waals surface area contributed by atoms with E-state index in [1.54, 1.807) is 11.0 Å². The summed E-state index contributed by atoms with van der Waals surface area (Å²) >= 11 is 0. The van der Waals surface area contributed by atoms with E-state index in [0.717, 1.165) is 61.8 Å². The number of rotatable bonds is 6. The average Bonchev–Trinajstić information content (AvgIpc) is 3.36. The highest BCUT2D eigenvalue weighted by atomic mass is 16.5. The average molecular weight is 419 g/mol. The first kappa shape index (κ1) is 19.7. The third-order valence-corrected chi connectivity index (χ3v) is 5.89. The van der Waals surface area contributed by atoms with E-state index in [9.17, 15) is 4.79 Å². The van der Waals surface area contributed by atoms with E-state index in [1.807, 2.05) is 53.4 Å². The zero-order valence-corrected chi connectivity index (χ0v) is 17.4. The van der Waals surface area contributed by atoms with Crippen LogP contribution in [0.15, 0.2) is 61.2 Å². The van der Waals surface area contributed by atoms with Crippen LogP contribution < -0.4 is 5.32 Å². The van der Waals surface area contributed by atoms with Crippen LogP contribution in [0, 0.1) is 0 Å². The third-order valence-electron chi connectivity index (χ3n) is 5.89. The molecule has 1 saturated heterocycles. The van der Waals surface area contributed by atoms with E-state index in [0.29, 0.717) is 6.54 Å². The minimum absolute atomic E-state index is 0.0710. The second-order valence-corrected chi connectivity index (χ2v) is 7.83. The third kappa shape index (κ3) is 4.17. The lowest BCUT2D eigenvalue weighted by molar-refractivity contribution is 0.0348. The van der Waals surface area contributed by atoms with E-state index in [-0.39, 0.29) is 12.1 Å². The molecular formula is C23H26N6O2. The number of aromatic nitrogens is 3. The summed E-state index contributed by atoms with van der Waals surface area (Å²) in [5.41, 5.74) is 3.58. The van der Waals surface area contributed by atoms with Gasteiger partial charge in [-0.05, 0) is 36.2 Å². The number of hydrogen-bond acceptors (Lipinski definition) is 6. The number of ether oxygens (including phenoxy) is 1. The number of benzene rings is 2. The molecule has 0 spiro atoms. The molecule has 0 aliphatic carbocycles. The molecule has 1 N–H and O–H groups in total. The summed E-state index contributed by atoms with van der Waals surface area (Å²) in [4.78, 5) is 21.7. The van der Waals surface area contributed by atoms with Crippen LogP contribution in [0.1, 0.15) is 28.5 Å². The van der Waals surface area contributed by atoms with Gasteiger partial charge in [-0.25, -0.2) is 9.67 Å². The Bertz CT molecular complexity index is 1010. The number of anilines is 1. The highest BCUT2D eigenvalue weighted by molar-refractivity contribution is 6.01. The number of carbonyl (C=O) groups is 1. The minimum Gasteiger partial charge on any atom is -0.379 e. The van der Waals surface area contributed by atoms with Crippen molar-refractivity contribution in [3.8, 4) is 5.69 Å². The van der Waals surface area contributed by atoms with Gasteiger partial charge in [0.25, 0.3) is 5.91 Å². The fourth-order valence-corrected chi connectivity index (χ4v) is 4.23. The van der Waals surface area contributed by atoms with Gasteiger partial charge in [0.15, 0.2) is 0 Å². The summed E-state index contributed by atoms with van der Waals surface area (Å²) in [6.07, 6.45) is 3.90. The second kappa shape index (κ2) is 8.87. The topological polar surface area (TPSA) is 75.5 Å². The molecule has 2 aliphatic heterocycles. The summed E-state index contributed by atoms with van der Waals surface area (Å²) in [5, 5.41) is 7.76. The quantitative estimate of drug-likeness (QED) is 0.663. The monoisotopic (exact) mass is 418 g/mol. The van der Waals surface area contributed by atoms with Gasteiger partial charge in [-0.1, -0.05) is 24.3 Å². The molecule has 1 unspecified atom stereocenters. The van der Waals surface area contributed by atoms with Crippen molar-refractivity contribution in [2.45, 2.75) is 12.6 Å². The zero-order chi connectivity index (χ0) is 21.0. The van der Waals surface area contributed by atoms with Crippen molar-refractivity contribution in [1.82, 2.24) is 24.6 Å². The van der Waals surface area contributed by atoms with Crippen molar-refractivity contribution < 1.29 is 9.53 Å². The Morgan fingerprint density at radius 3 is 2.61 bits per heavy atom. The highest BCUT2D eigenvalue weighted by Gasteiger charge is 2.32. The number of nitrogens with one attached hydrogen (secondary N) is 1. The van der Waals surface area contributed by atoms with Gasteiger partial charge in [0.2, 0.25) is 0 Å². The van der Waals surface area contributed by atoms with Crippen LogP contribution in [0.5, 0.6) is 0 Å². The first-order chi connectivity index (χ1) is 15.3. The van der Waals surface area contributed by atoms with Gasteiger partial charge in [-0.2, -0.15) is 5.10 Å². The molecule has 31 heavy (non-hydrogen) atoms. The Balaban J connectivity index is 1.36. The minimum atomic E-state index is -0.211. The van der Waals surface area contributed by atoms with Crippen LogP contribution in [0.2, 0.25) is 0 Å². The van der Waals surface area contributed by atoms with E-state index < -0.39 is 0 Å². The summed E-state index contributed by atoms with van der Waals surface area (Å²) < 4.78 is 7.16. The van der Waals surface area contributed by atoms with Crippen LogP contribution >= 0.6 is 0 Å². The maximum atomic E-state index is 13.4. The Kier molecular flexibility index (Phi) is 5.64. The number of amides is 1. The first-order valence-electron chi connectivity index (χ1n) is 10.7. The Labute approximate surface area is 181 Å². The number of para-hydroxylation sites is 1. The van der Waals surface area contributed by atoms with Gasteiger partial charge < -0.3 is 15.0 Å². The fourth-order valence-electron chi connectivity index (χ4n) is 4.23. The lowest BCUT2D eigenvalue weighted by atomic mass is 10.0. The molecule has 2 aromatic carbocycles. The van der Waals surface area contributed by atoms with Crippen molar-refractivity contribution in [3.05, 3.63) is 72.3 Å². The van der Waals surface area contributed by atoms with Gasteiger partial charge >= 0.3 is 0 Å². The van der Waals surface area contributed by atoms with E-state index in [2.05, 4.69) is 20.3 Å². The summed E-state index contributed by atoms with van der Waals surface area (Å²) in [6, 6.07) is 15.8. The predicted octanol–water partition coefficient (Wildman–Crippen LogP) is 2.56. The van der Waals surface area contributed by atoms with Gasteiger partial charge in [0, 0.05) is 31.9 Å². The van der Waals surface area contributed by atoms with Gasteiger partial charge in [-0.15, -0.1) is 0 Å². The lowest BCUT2D eigenvalue weighted by Crippen LogP contribution is -2.44. The number of morpholine rings is 1. The lowest BCUT2D eigenvalue weighted by Gasteiger charge is -2.38. The smallest absolute Gasteiger partial charge is 0.257 e. The molecule has 5 rings (SSSR count). The van der Waals surface area contributed by atoms with Crippen molar-refractivity contribution >= 4 is 11.6 Å². The van der Waals surface area contributed by atoms with Crippen molar-refractivity contribution in [2.24, 2.45) is 0 Å². The second-order valence-electron chi connectivity index (χ2n) is 7.83. The molecule has 1 aromatic heterocycles. The largest absolute Gasteiger partial charge is 0.379 e. The molecule has 1 fully saturated rings. The van der Waals surface area contributed by atoms with Gasteiger partial charge in [0.05, 0.1) is 24.5 Å². The molecule has 2 aliphatic rings. The summed E-state index contributed by atoms with van der Waals surface area (Å²) in [6.45, 7) is 5.15. The molecule has 8 heteroatoms. The SMILES string of the molecule is O=C1c2ccccc2NC(c2ccc(-n3cncn3)cc2)N1CCCN1CCOCC1. The van der Waals surface area contributed by atoms with E-state index in [1.165, 1.54) is 6.33 Å². The number of nitrogens with zero attached hydrogens (tertiary/aromatic N) is 5. The number of hydrogen-bond donors (Lipinski definition) is 1. The molecule has 1 amide bonds. The Hall–Kier alpha value is -3.23. The molecule has 0 bridgehead atoms. The Morgan fingerprint density at radius 2 is 1.84 bits per heavy atom. The van der Waals surface area contributed by atoms with Crippen molar-refractivity contribution in [3.63, 3.8) is 0 Å². The van der Waals surface area contributed by atoms with Crippen molar-refractivity contribution in [2.75, 3.05) is 44.7 Å². The molecular weight excluding hydrogens is 392 g/mol. The number of carbonyl (C=O) groups excluding carboxylic acids is 1. The molecule has 160 valence electrons. The van der Waals surface area contributed by atoms with Gasteiger partial charge in [-0.3, -0.25) is 9.69 Å². The Morgan fingerprint density at radius 1 is 1.03 bits per heavy atom. The molecule has 0 saturated carbocycles. The first-order valence-corrected chi connectivity index (χ1v) is 10.7. The predicted molar refractivity (Wildman–Crippen MR) is 117 cm³/mol. The van der Waals surface area contributed by atoms with Crippen LogP contribution in [-0.2, 0) is 4.74 Å².